The number of ether oxygens (including phenoxy) is 2. The summed E-state index contributed by atoms with van der Waals surface area (Å²) in [7, 11) is 0. The fourth-order valence-corrected chi connectivity index (χ4v) is 2.86. The first-order chi connectivity index (χ1) is 8.19. The fourth-order valence-electron chi connectivity index (χ4n) is 1.90. The Balaban J connectivity index is 2.28. The molecule has 0 aliphatic carbocycles. The fraction of sp³-hybridized carbons (Fsp3) is 0.692. The van der Waals surface area contributed by atoms with Crippen LogP contribution in [0.2, 0.25) is 0 Å². The highest BCUT2D eigenvalue weighted by Gasteiger charge is 2.36. The molecule has 0 aromatic carbocycles. The van der Waals surface area contributed by atoms with E-state index in [1.54, 1.807) is 6.08 Å². The molecule has 0 bridgehead atoms. The largest absolute Gasteiger partial charge is 0.377 e. The maximum atomic E-state index is 6.28. The van der Waals surface area contributed by atoms with E-state index in [0.717, 1.165) is 19.3 Å². The molecule has 4 atom stereocenters. The van der Waals surface area contributed by atoms with Gasteiger partial charge in [-0.1, -0.05) is 28.1 Å². The van der Waals surface area contributed by atoms with Crippen LogP contribution in [0.3, 0.4) is 0 Å². The first kappa shape index (κ1) is 15.2. The lowest BCUT2D eigenvalue weighted by Crippen LogP contribution is -2.22. The molecule has 98 valence electrons. The van der Waals surface area contributed by atoms with Crippen molar-refractivity contribution in [2.24, 2.45) is 0 Å². The number of allylic oxidation sites excluding steroid dienone is 1. The van der Waals surface area contributed by atoms with E-state index in [1.807, 2.05) is 6.08 Å². The molecule has 0 aromatic heterocycles. The maximum Gasteiger partial charge on any atom is 0.0765 e. The van der Waals surface area contributed by atoms with Crippen molar-refractivity contribution in [3.8, 4) is 0 Å². The Morgan fingerprint density at radius 1 is 1.47 bits per heavy atom. The van der Waals surface area contributed by atoms with E-state index in [-0.39, 0.29) is 17.6 Å². The quantitative estimate of drug-likeness (QED) is 0.385. The molecule has 1 aliphatic rings. The van der Waals surface area contributed by atoms with Gasteiger partial charge in [-0.25, -0.2) is 0 Å². The summed E-state index contributed by atoms with van der Waals surface area (Å²) >= 11 is 9.90. The monoisotopic (exact) mass is 322 g/mol. The van der Waals surface area contributed by atoms with Gasteiger partial charge in [0.05, 0.1) is 24.2 Å². The molecule has 0 spiro atoms. The molecule has 1 aliphatic heterocycles. The second-order valence-corrected chi connectivity index (χ2v) is 5.89. The molecule has 0 radical (unpaired) electrons. The third-order valence-electron chi connectivity index (χ3n) is 2.79. The van der Waals surface area contributed by atoms with Crippen molar-refractivity contribution in [3.63, 3.8) is 0 Å². The Bertz CT molecular complexity index is 248. The molecule has 4 heteroatoms. The lowest BCUT2D eigenvalue weighted by Gasteiger charge is -2.17. The van der Waals surface area contributed by atoms with Crippen LogP contribution in [0.4, 0.5) is 0 Å². The van der Waals surface area contributed by atoms with Crippen LogP contribution < -0.4 is 0 Å². The van der Waals surface area contributed by atoms with Crippen LogP contribution in [0.5, 0.6) is 0 Å². The molecular formula is C13H20BrClO2. The molecule has 1 fully saturated rings. The summed E-state index contributed by atoms with van der Waals surface area (Å²) in [6, 6.07) is 0. The average molecular weight is 324 g/mol. The molecule has 17 heavy (non-hydrogen) atoms. The third-order valence-corrected chi connectivity index (χ3v) is 4.21. The topological polar surface area (TPSA) is 18.5 Å². The number of hydrogen-bond donors (Lipinski definition) is 0. The van der Waals surface area contributed by atoms with E-state index in [4.69, 9.17) is 21.1 Å². The third kappa shape index (κ3) is 5.12. The van der Waals surface area contributed by atoms with Gasteiger partial charge in [0, 0.05) is 11.4 Å². The molecule has 2 nitrogen and oxygen atoms in total. The Morgan fingerprint density at radius 2 is 2.24 bits per heavy atom. The molecule has 0 unspecified atom stereocenters. The summed E-state index contributed by atoms with van der Waals surface area (Å²) in [5, 5.41) is 0.0807. The van der Waals surface area contributed by atoms with Gasteiger partial charge in [0.15, 0.2) is 0 Å². The van der Waals surface area contributed by atoms with Crippen molar-refractivity contribution >= 4 is 27.5 Å². The van der Waals surface area contributed by atoms with Crippen molar-refractivity contribution in [2.45, 2.75) is 41.7 Å². The smallest absolute Gasteiger partial charge is 0.0765 e. The van der Waals surface area contributed by atoms with Crippen LogP contribution in [-0.2, 0) is 9.47 Å². The minimum absolute atomic E-state index is 0.0807. The Kier molecular flexibility index (Phi) is 7.44. The molecule has 1 heterocycles. The number of halogens is 2. The Labute approximate surface area is 117 Å². The van der Waals surface area contributed by atoms with Gasteiger partial charge in [0.1, 0.15) is 0 Å². The summed E-state index contributed by atoms with van der Waals surface area (Å²) in [5.41, 5.74) is 0. The molecule has 0 aromatic rings. The van der Waals surface area contributed by atoms with E-state index in [9.17, 15) is 0 Å². The number of hydrogen-bond acceptors (Lipinski definition) is 2. The molecule has 0 N–H and O–H groups in total. The minimum atomic E-state index is 0.0807. The first-order valence-electron chi connectivity index (χ1n) is 5.92. The van der Waals surface area contributed by atoms with Gasteiger partial charge >= 0.3 is 0 Å². The maximum absolute atomic E-state index is 6.28. The van der Waals surface area contributed by atoms with Gasteiger partial charge in [0.25, 0.3) is 0 Å². The van der Waals surface area contributed by atoms with Crippen LogP contribution in [0.1, 0.15) is 19.3 Å². The van der Waals surface area contributed by atoms with Gasteiger partial charge in [-0.3, -0.25) is 0 Å². The summed E-state index contributed by atoms with van der Waals surface area (Å²) < 4.78 is 11.3. The second-order valence-electron chi connectivity index (χ2n) is 4.16. The van der Waals surface area contributed by atoms with E-state index in [0.29, 0.717) is 18.0 Å². The zero-order valence-corrected chi connectivity index (χ0v) is 12.3. The first-order valence-corrected chi connectivity index (χ1v) is 7.27. The summed E-state index contributed by atoms with van der Waals surface area (Å²) in [5.74, 6) is 0. The zero-order valence-electron chi connectivity index (χ0n) is 9.99. The predicted octanol–water partition coefficient (Wildman–Crippen LogP) is 3.68. The summed E-state index contributed by atoms with van der Waals surface area (Å²) in [6.07, 6.45) is 6.54. The second kappa shape index (κ2) is 8.30. The van der Waals surface area contributed by atoms with Gasteiger partial charge < -0.3 is 9.47 Å². The van der Waals surface area contributed by atoms with Crippen LogP contribution >= 0.6 is 27.5 Å². The Morgan fingerprint density at radius 3 is 2.88 bits per heavy atom. The predicted molar refractivity (Wildman–Crippen MR) is 76.1 cm³/mol. The molecule has 1 rings (SSSR count). The van der Waals surface area contributed by atoms with Gasteiger partial charge in [0.2, 0.25) is 0 Å². The molecular weight excluding hydrogens is 303 g/mol. The van der Waals surface area contributed by atoms with Crippen LogP contribution in [-0.4, -0.2) is 35.6 Å². The normalized spacial score (nSPS) is 30.1. The number of rotatable bonds is 8. The number of alkyl halides is 2. The summed E-state index contributed by atoms with van der Waals surface area (Å²) in [4.78, 5) is 0.306. The van der Waals surface area contributed by atoms with Crippen molar-refractivity contribution in [1.29, 1.82) is 0 Å². The molecule has 0 amide bonds. The van der Waals surface area contributed by atoms with E-state index < -0.39 is 0 Å². The lowest BCUT2D eigenvalue weighted by molar-refractivity contribution is 0.0236. The highest BCUT2D eigenvalue weighted by Crippen LogP contribution is 2.32. The van der Waals surface area contributed by atoms with Crippen molar-refractivity contribution in [3.05, 3.63) is 25.3 Å². The highest BCUT2D eigenvalue weighted by molar-refractivity contribution is 9.09. The zero-order chi connectivity index (χ0) is 12.7. The average Bonchev–Trinajstić information content (AvgIpc) is 2.67. The highest BCUT2D eigenvalue weighted by atomic mass is 79.9. The standard InChI is InChI=1S/C13H20BrClO2/c1-3-5-10(14)13-9-11(15)12(17-13)6-8-16-7-4-2/h3-4,10-13H,1-2,5-9H2/t10-,11+,12+,13-/m0/s1. The SMILES string of the molecule is C=CCOCC[C@H]1O[C@H]([C@@H](Br)CC=C)C[C@H]1Cl. The molecule has 1 saturated heterocycles. The minimum Gasteiger partial charge on any atom is -0.377 e. The van der Waals surface area contributed by atoms with E-state index in [1.165, 1.54) is 0 Å². The van der Waals surface area contributed by atoms with Crippen molar-refractivity contribution in [2.75, 3.05) is 13.2 Å². The van der Waals surface area contributed by atoms with Crippen LogP contribution in [0, 0.1) is 0 Å². The summed E-state index contributed by atoms with van der Waals surface area (Å²) in [6.45, 7) is 8.59. The van der Waals surface area contributed by atoms with Gasteiger partial charge in [-0.2, -0.15) is 0 Å². The van der Waals surface area contributed by atoms with Gasteiger partial charge in [-0.05, 0) is 19.3 Å². The van der Waals surface area contributed by atoms with Crippen molar-refractivity contribution < 1.29 is 9.47 Å². The lowest BCUT2D eigenvalue weighted by atomic mass is 10.1. The van der Waals surface area contributed by atoms with E-state index in [2.05, 4.69) is 29.1 Å². The van der Waals surface area contributed by atoms with Crippen LogP contribution in [0.15, 0.2) is 25.3 Å². The van der Waals surface area contributed by atoms with E-state index >= 15 is 0 Å². The molecule has 0 saturated carbocycles. The van der Waals surface area contributed by atoms with Crippen LogP contribution in [0.25, 0.3) is 0 Å². The van der Waals surface area contributed by atoms with Crippen molar-refractivity contribution in [1.82, 2.24) is 0 Å². The van der Waals surface area contributed by atoms with Gasteiger partial charge in [-0.15, -0.1) is 24.8 Å². The Hall–Kier alpha value is 0.170.